The van der Waals surface area contributed by atoms with Gasteiger partial charge in [-0.05, 0) is 87.5 Å². The fourth-order valence-corrected chi connectivity index (χ4v) is 17.5. The number of aryl methyl sites for hydroxylation is 2. The van der Waals surface area contributed by atoms with Gasteiger partial charge < -0.3 is 84.3 Å². The molecule has 0 aromatic carbocycles. The van der Waals surface area contributed by atoms with E-state index in [1.54, 1.807) is 36.0 Å². The Hall–Kier alpha value is -11.8. The third-order valence-corrected chi connectivity index (χ3v) is 23.0. The van der Waals surface area contributed by atoms with Crippen LogP contribution in [0.4, 0.5) is 22.7 Å². The number of rotatable bonds is 21. The van der Waals surface area contributed by atoms with Crippen LogP contribution in [-0.4, -0.2) is 206 Å². The van der Waals surface area contributed by atoms with Gasteiger partial charge in [0.2, 0.25) is 29.5 Å². The van der Waals surface area contributed by atoms with E-state index in [0.717, 1.165) is 180 Å². The van der Waals surface area contributed by atoms with Crippen molar-refractivity contribution in [1.82, 2.24) is 79.4 Å². The van der Waals surface area contributed by atoms with Gasteiger partial charge >= 0.3 is 0 Å². The highest BCUT2D eigenvalue weighted by Gasteiger charge is 2.34. The molecule has 0 saturated carbocycles. The molecule has 12 aromatic heterocycles. The SMILES string of the molecule is C#CCC(=O)N1C[C@@H](C)C[C@@H](Nc2c(-c3nc(CO)c(CO)s3)cnc3[nH]ccc23)C1.C#CCC(=O)N1C[C@@H](C)C[C@@H](Nc2c(-c3nc(S(C)(=O)=O)co3)cnc3[nH]ccc23)C1.C#CCCN1C[C@@H](C)C[C@@H](Nc2c(-c3nc(C)co3)cnc3[nH]ccc23)C1.C#CCCN1C[C@@H](C)C[C@@H](Nc2c(-c3ncc(C)o3)cnc3[nH]ccc23)C1. The Morgan fingerprint density at radius 2 is 0.922 bits per heavy atom. The number of thiazole rings is 1. The van der Waals surface area contributed by atoms with Crippen molar-refractivity contribution in [3.63, 3.8) is 0 Å². The largest absolute Gasteiger partial charge is 0.444 e. The summed E-state index contributed by atoms with van der Waals surface area (Å²) < 4.78 is 40.6. The minimum absolute atomic E-state index is 0.0253. The molecule has 4 aliphatic rings. The normalized spacial score (nSPS) is 19.8. The molecule has 0 unspecified atom stereocenters. The Morgan fingerprint density at radius 3 is 1.29 bits per heavy atom. The molecule has 8 atom stereocenters. The molecule has 0 bridgehead atoms. The third kappa shape index (κ3) is 19.6. The molecular weight excluding hydrogens is 1510 g/mol. The zero-order valence-corrected chi connectivity index (χ0v) is 67.8. The highest BCUT2D eigenvalue weighted by Crippen LogP contribution is 2.41. The number of anilines is 4. The summed E-state index contributed by atoms with van der Waals surface area (Å²) in [5.41, 5.74) is 11.2. The summed E-state index contributed by atoms with van der Waals surface area (Å²) in [5.74, 6) is 14.3. The molecule has 0 spiro atoms. The molecule has 0 radical (unpaired) electrons. The molecule has 31 heteroatoms. The third-order valence-electron chi connectivity index (χ3n) is 21.0. The van der Waals surface area contributed by atoms with Crippen LogP contribution in [-0.2, 0) is 32.6 Å². The molecule has 0 aliphatic carbocycles. The average molecular weight is 1610 g/mol. The number of terminal acetylenes is 4. The van der Waals surface area contributed by atoms with Crippen LogP contribution in [0.15, 0.2) is 111 Å². The number of aliphatic hydroxyl groups excluding tert-OH is 2. The quantitative estimate of drug-likeness (QED) is 0.0299. The van der Waals surface area contributed by atoms with Crippen molar-refractivity contribution in [2.45, 2.75) is 135 Å². The molecule has 116 heavy (non-hydrogen) atoms. The number of nitrogens with zero attached hydrogens (tertiary/aromatic N) is 12. The molecule has 12 aromatic rings. The van der Waals surface area contributed by atoms with Gasteiger partial charge in [0, 0.05) is 180 Å². The van der Waals surface area contributed by atoms with Gasteiger partial charge in [-0.3, -0.25) is 9.59 Å². The molecular formula is C85H98N20O9S2. The van der Waals surface area contributed by atoms with Gasteiger partial charge in [-0.2, -0.15) is 4.98 Å². The number of H-pyrrole nitrogens is 4. The number of fused-ring (bicyclic) bond motifs is 4. The minimum atomic E-state index is -3.50. The van der Waals surface area contributed by atoms with Gasteiger partial charge in [0.15, 0.2) is 14.9 Å². The molecule has 10 N–H and O–H groups in total. The van der Waals surface area contributed by atoms with Gasteiger partial charge in [-0.15, -0.1) is 48.9 Å². The summed E-state index contributed by atoms with van der Waals surface area (Å²) in [6.07, 6.45) is 47.4. The second kappa shape index (κ2) is 37.2. The first kappa shape index (κ1) is 82.2. The van der Waals surface area contributed by atoms with E-state index in [-0.39, 0.29) is 60.9 Å². The van der Waals surface area contributed by atoms with Crippen LogP contribution in [0.2, 0.25) is 0 Å². The number of likely N-dealkylation sites (tertiary alicyclic amines) is 4. The summed E-state index contributed by atoms with van der Waals surface area (Å²) in [4.78, 5) is 82.0. The summed E-state index contributed by atoms with van der Waals surface area (Å²) in [6, 6.07) is 8.60. The Bertz CT molecular complexity index is 5540. The van der Waals surface area contributed by atoms with Crippen LogP contribution < -0.4 is 21.3 Å². The number of carbonyl (C=O) groups excluding carboxylic acids is 2. The highest BCUT2D eigenvalue weighted by molar-refractivity contribution is 7.90. The number of amides is 2. The lowest BCUT2D eigenvalue weighted by atomic mass is 9.95. The number of piperidine rings is 4. The summed E-state index contributed by atoms with van der Waals surface area (Å²) in [6.45, 7) is 20.7. The maximum atomic E-state index is 12.4. The van der Waals surface area contributed by atoms with Crippen LogP contribution in [0, 0.1) is 86.9 Å². The Morgan fingerprint density at radius 1 is 0.517 bits per heavy atom. The predicted octanol–water partition coefficient (Wildman–Crippen LogP) is 12.0. The van der Waals surface area contributed by atoms with Crippen molar-refractivity contribution in [3.05, 3.63) is 115 Å². The lowest BCUT2D eigenvalue weighted by molar-refractivity contribution is -0.132. The number of hydrogen-bond acceptors (Lipinski definition) is 24. The summed E-state index contributed by atoms with van der Waals surface area (Å²) in [5, 5.41) is 38.3. The van der Waals surface area contributed by atoms with Gasteiger partial charge in [-0.1, -0.05) is 39.5 Å². The summed E-state index contributed by atoms with van der Waals surface area (Å²) >= 11 is 1.34. The Kier molecular flexibility index (Phi) is 26.4. The average Bonchev–Trinajstić information content (AvgIpc) is 1.63. The molecule has 16 rings (SSSR count). The molecule has 16 heterocycles. The maximum Gasteiger partial charge on any atom is 0.234 e. The van der Waals surface area contributed by atoms with Crippen molar-refractivity contribution in [2.24, 2.45) is 23.7 Å². The minimum Gasteiger partial charge on any atom is -0.444 e. The van der Waals surface area contributed by atoms with Crippen LogP contribution in [0.1, 0.15) is 101 Å². The number of pyridine rings is 4. The van der Waals surface area contributed by atoms with E-state index >= 15 is 0 Å². The van der Waals surface area contributed by atoms with Crippen LogP contribution in [0.5, 0.6) is 0 Å². The molecule has 4 saturated heterocycles. The second-order valence-electron chi connectivity index (χ2n) is 30.7. The molecule has 4 fully saturated rings. The van der Waals surface area contributed by atoms with E-state index in [9.17, 15) is 28.2 Å². The lowest BCUT2D eigenvalue weighted by Gasteiger charge is -2.37. The molecule has 2 amide bonds. The number of aromatic amines is 4. The molecule has 604 valence electrons. The fourth-order valence-electron chi connectivity index (χ4n) is 16.0. The Balaban J connectivity index is 0.000000135. The van der Waals surface area contributed by atoms with Crippen LogP contribution in [0.25, 0.3) is 89.1 Å². The second-order valence-corrected chi connectivity index (χ2v) is 33.7. The van der Waals surface area contributed by atoms with Crippen LogP contribution in [0.3, 0.4) is 0 Å². The van der Waals surface area contributed by atoms with E-state index in [4.69, 9.17) is 38.9 Å². The fraction of sp³-hybridized carbons (Fsp3) is 0.412. The standard InChI is InChI=1S/C22H25N5O3S.C21H23N5O4S.2C21H25N5O/c1-3-4-19(30)27-9-13(2)7-14(10-27)25-20-15-5-6-23-21(15)24-8-16(20)22-26-17(11-28)18(12-29)31-22;1-4-5-18(27)26-10-13(2)8-14(11-26)24-19-15-6-7-22-20(15)23-9-16(19)21-25-17(12-30-21)31(3,28)29;1-4-5-8-26-12-14(2)9-16(13-26)25-19-17-6-7-22-20(17)23-11-18(19)21-24-10-15(3)27-21;1-4-5-8-26-11-14(2)9-16(12-26)25-19-17-6-7-22-20(17)23-10-18(19)21-24-15(3)13-27-21/h1,5-6,8,13-14,28-29H,4,7,9-12H2,2H3,(H2,23,24,25);1,6-7,9,12-14H,5,8,10-11H2,2-3H3,(H2,22,23,24);1,6-7,10-11,14,16H,5,8-9,12-13H2,2-3H3,(H2,22,23,25);1,6-7,10,13-14,16H,5,8-9,11-12H2,2-3H3,(H2,22,23,25)/t2*13-,14+;2*14-,16+/m0000/s1. The number of nitrogens with one attached hydrogen (secondary N) is 8. The smallest absolute Gasteiger partial charge is 0.234 e. The topological polar surface area (TPSA) is 376 Å². The first-order chi connectivity index (χ1) is 56.1. The highest BCUT2D eigenvalue weighted by atomic mass is 32.2. The van der Waals surface area contributed by atoms with Crippen molar-refractivity contribution < 1.29 is 41.5 Å². The van der Waals surface area contributed by atoms with E-state index in [1.807, 2.05) is 74.0 Å². The van der Waals surface area contributed by atoms with Crippen molar-refractivity contribution in [2.75, 3.05) is 93.0 Å². The number of aromatic nitrogens is 12. The Labute approximate surface area is 677 Å². The summed E-state index contributed by atoms with van der Waals surface area (Å²) in [7, 11) is -3.50. The van der Waals surface area contributed by atoms with Crippen LogP contribution >= 0.6 is 11.3 Å². The van der Waals surface area contributed by atoms with Crippen molar-refractivity contribution >= 4 is 99.9 Å². The van der Waals surface area contributed by atoms with Gasteiger partial charge in [0.25, 0.3) is 0 Å². The van der Waals surface area contributed by atoms with E-state index < -0.39 is 9.84 Å². The van der Waals surface area contributed by atoms with Gasteiger partial charge in [0.05, 0.1) is 93.5 Å². The number of carbonyl (C=O) groups is 2. The van der Waals surface area contributed by atoms with Gasteiger partial charge in [0.1, 0.15) is 45.9 Å². The van der Waals surface area contributed by atoms with E-state index in [0.29, 0.717) is 101 Å². The maximum absolute atomic E-state index is 12.4. The molecule has 4 aliphatic heterocycles. The number of hydrogen-bond donors (Lipinski definition) is 10. The predicted molar refractivity (Wildman–Crippen MR) is 451 cm³/mol. The first-order valence-electron chi connectivity index (χ1n) is 38.9. The molecule has 29 nitrogen and oxygen atoms in total. The van der Waals surface area contributed by atoms with Crippen molar-refractivity contribution in [1.29, 1.82) is 0 Å². The zero-order valence-electron chi connectivity index (χ0n) is 66.2. The lowest BCUT2D eigenvalue weighted by Crippen LogP contribution is -2.48. The van der Waals surface area contributed by atoms with E-state index in [1.165, 1.54) is 11.3 Å². The zero-order chi connectivity index (χ0) is 81.7. The monoisotopic (exact) mass is 1610 g/mol. The van der Waals surface area contributed by atoms with Gasteiger partial charge in [-0.25, -0.2) is 43.3 Å². The number of aliphatic hydroxyl groups is 2. The first-order valence-corrected chi connectivity index (χ1v) is 41.6. The van der Waals surface area contributed by atoms with Crippen molar-refractivity contribution in [3.8, 4) is 94.3 Å². The number of oxazole rings is 3. The van der Waals surface area contributed by atoms with E-state index in [2.05, 4.69) is 142 Å². The number of sulfone groups is 1.